The molecule has 0 N–H and O–H groups in total. The molecule has 0 saturated heterocycles. The maximum atomic E-state index is 2.43. The van der Waals surface area contributed by atoms with Crippen LogP contribution in [-0.4, -0.2) is 27.4 Å². The van der Waals surface area contributed by atoms with E-state index in [0.717, 1.165) is 11.4 Å². The van der Waals surface area contributed by atoms with Gasteiger partial charge < -0.3 is 27.4 Å². The van der Waals surface area contributed by atoms with Crippen LogP contribution in [0.4, 0.5) is 0 Å². The Balaban J connectivity index is 0.000000106. The molecule has 6 nitrogen and oxygen atoms in total. The molecule has 0 saturated carbocycles. The number of benzene rings is 23. The smallest absolute Gasteiger partial charge is 0.0541 e. The average molecular weight is 1780 g/mol. The van der Waals surface area contributed by atoms with E-state index in [0.29, 0.717) is 0 Å². The summed E-state index contributed by atoms with van der Waals surface area (Å²) in [6.07, 6.45) is 0. The Morgan fingerprint density at radius 1 is 0.0929 bits per heavy atom. The maximum Gasteiger partial charge on any atom is 0.0541 e. The topological polar surface area (TPSA) is 29.6 Å². The Bertz CT molecular complexity index is 9890. The van der Waals surface area contributed by atoms with E-state index in [2.05, 4.69) is 561 Å². The zero-order valence-electron chi connectivity index (χ0n) is 76.5. The van der Waals surface area contributed by atoms with Gasteiger partial charge >= 0.3 is 0 Å². The summed E-state index contributed by atoms with van der Waals surface area (Å²) in [5.41, 5.74) is 36.3. The van der Waals surface area contributed by atoms with Gasteiger partial charge in [-0.3, -0.25) is 0 Å². The number of hydrogen-bond acceptors (Lipinski definition) is 0. The van der Waals surface area contributed by atoms with Gasteiger partial charge in [-0.15, -0.1) is 0 Å². The van der Waals surface area contributed by atoms with E-state index in [1.165, 1.54) is 242 Å². The first-order chi connectivity index (χ1) is 69.4. The number of hydrogen-bond donors (Lipinski definition) is 0. The lowest BCUT2D eigenvalue weighted by Gasteiger charge is -2.12. The number of nitrogens with zero attached hydrogens (tertiary/aromatic N) is 6. The lowest BCUT2D eigenvalue weighted by atomic mass is 10.0. The fourth-order valence-electron chi connectivity index (χ4n) is 22.2. The monoisotopic (exact) mass is 1780 g/mol. The predicted molar refractivity (Wildman–Crippen MR) is 593 cm³/mol. The molecule has 0 aliphatic heterocycles. The Labute approximate surface area is 808 Å². The lowest BCUT2D eigenvalue weighted by Crippen LogP contribution is -1.95. The second kappa shape index (κ2) is 33.8. The highest BCUT2D eigenvalue weighted by atomic mass is 15.0. The molecule has 23 aromatic carbocycles. The van der Waals surface area contributed by atoms with Crippen LogP contribution in [0.1, 0.15) is 0 Å². The molecule has 0 atom stereocenters. The summed E-state index contributed by atoms with van der Waals surface area (Å²) in [4.78, 5) is 0. The van der Waals surface area contributed by atoms with Crippen LogP contribution >= 0.6 is 0 Å². The minimum absolute atomic E-state index is 1.16. The molecule has 0 aliphatic carbocycles. The Morgan fingerprint density at radius 3 is 0.621 bits per heavy atom. The average Bonchev–Trinajstić information content (AvgIpc) is 1.57. The van der Waals surface area contributed by atoms with E-state index in [-0.39, 0.29) is 0 Å². The van der Waals surface area contributed by atoms with Crippen molar-refractivity contribution in [3.8, 4) is 101 Å². The zero-order valence-corrected chi connectivity index (χ0v) is 76.5. The van der Waals surface area contributed by atoms with Crippen molar-refractivity contribution in [1.29, 1.82) is 0 Å². The molecule has 0 aliphatic rings. The minimum atomic E-state index is 1.16. The van der Waals surface area contributed by atoms with Gasteiger partial charge in [-0.1, -0.05) is 358 Å². The molecule has 6 heteroatoms. The van der Waals surface area contributed by atoms with Gasteiger partial charge in [-0.25, -0.2) is 0 Å². The number of para-hydroxylation sites is 7. The van der Waals surface area contributed by atoms with E-state index in [1.54, 1.807) is 0 Å². The molecule has 0 spiro atoms. The van der Waals surface area contributed by atoms with Gasteiger partial charge in [0.05, 0.1) is 71.9 Å². The van der Waals surface area contributed by atoms with Crippen LogP contribution in [0.25, 0.3) is 253 Å². The summed E-state index contributed by atoms with van der Waals surface area (Å²) in [5, 5.41) is 20.1. The van der Waals surface area contributed by atoms with E-state index in [1.807, 2.05) is 0 Å². The molecule has 654 valence electrons. The second-order valence-corrected chi connectivity index (χ2v) is 36.6. The first-order valence-electron chi connectivity index (χ1n) is 48.2. The van der Waals surface area contributed by atoms with Crippen molar-refractivity contribution < 1.29 is 0 Å². The summed E-state index contributed by atoms with van der Waals surface area (Å²) in [7, 11) is 0. The maximum absolute atomic E-state index is 2.43. The van der Waals surface area contributed by atoms with Crippen molar-refractivity contribution in [2.45, 2.75) is 0 Å². The van der Waals surface area contributed by atoms with Crippen LogP contribution in [0.3, 0.4) is 0 Å². The number of fused-ring (bicyclic) bond motifs is 20. The molecule has 0 unspecified atom stereocenters. The fourth-order valence-corrected chi connectivity index (χ4v) is 22.2. The van der Waals surface area contributed by atoms with Crippen molar-refractivity contribution >= 4 is 152 Å². The van der Waals surface area contributed by atoms with E-state index < -0.39 is 0 Å². The standard InChI is InChI=1S/2C46H30N2.C42H28N2/c1-2-11-31(12-3-1)32-21-25-36(26-22-32)47-43-18-8-6-16-38(43)40-29-34(23-27-45(40)47)35-24-28-46-41(30-35)39-17-7-9-19-44(39)48(46)42-20-10-14-33-13-4-5-15-37(33)42;1-2-10-31(11-3-1)33-18-23-37(24-19-33)47-43-16-8-6-14-39(43)41-29-35(21-26-45(41)47)36-22-27-46-42(30-36)40-15-7-9-17-44(40)48(46)38-25-20-32-12-4-5-13-34(32)28-38;1-3-11-29(12-4-1)30-19-23-34(24-20-30)44-40-18-10-8-16-36(40)38-28-32(22-26-42(38)44)31-21-25-41-37(27-31)35-15-7-9-17-39(35)43(41)33-13-5-2-6-14-33/h2*1-30H;1-28H. The normalized spacial score (nSPS) is 11.7. The third-order valence-corrected chi connectivity index (χ3v) is 28.7. The van der Waals surface area contributed by atoms with E-state index in [9.17, 15) is 0 Å². The molecule has 6 aromatic heterocycles. The van der Waals surface area contributed by atoms with Gasteiger partial charge in [-0.05, 0) is 259 Å². The van der Waals surface area contributed by atoms with Gasteiger partial charge in [0.2, 0.25) is 0 Å². The van der Waals surface area contributed by atoms with Crippen LogP contribution in [0.2, 0.25) is 0 Å². The zero-order chi connectivity index (χ0) is 92.2. The second-order valence-electron chi connectivity index (χ2n) is 36.6. The first-order valence-corrected chi connectivity index (χ1v) is 48.2. The Morgan fingerprint density at radius 2 is 0.300 bits per heavy atom. The highest BCUT2D eigenvalue weighted by Gasteiger charge is 2.23. The van der Waals surface area contributed by atoms with Crippen molar-refractivity contribution in [2.75, 3.05) is 0 Å². The highest BCUT2D eigenvalue weighted by molar-refractivity contribution is 6.18. The summed E-state index contributed by atoms with van der Waals surface area (Å²) in [6, 6.07) is 194. The molecule has 0 radical (unpaired) electrons. The molecule has 29 rings (SSSR count). The molecule has 29 aromatic rings. The summed E-state index contributed by atoms with van der Waals surface area (Å²) < 4.78 is 14.4. The number of rotatable bonds is 12. The quantitative estimate of drug-likeness (QED) is 0.117. The SMILES string of the molecule is c1ccc(-c2ccc(-n3c4ccccc4c4cc(-c5ccc6c(c5)c5ccccc5n6-c5ccc6ccccc6c5)ccc43)cc2)cc1.c1ccc(-c2ccc(-n3c4ccccc4c4cc(-c5ccc6c(c5)c5ccccc5n6-c5cccc6ccccc56)ccc43)cc2)cc1.c1ccc(-c2ccc(-n3c4ccccc4c4cc(-c5ccc6c(c5)c5ccccc5n6-c5ccccc5)ccc43)cc2)cc1. The van der Waals surface area contributed by atoms with Gasteiger partial charge in [0.15, 0.2) is 0 Å². The molecule has 0 bridgehead atoms. The van der Waals surface area contributed by atoms with Crippen molar-refractivity contribution in [2.24, 2.45) is 0 Å². The molecule has 0 amide bonds. The molecular formula is C134H88N6. The molecule has 0 fully saturated rings. The summed E-state index contributed by atoms with van der Waals surface area (Å²) in [6.45, 7) is 0. The fraction of sp³-hybridized carbons (Fsp3) is 0. The molecular weight excluding hydrogens is 1690 g/mol. The van der Waals surface area contributed by atoms with Gasteiger partial charge in [0.1, 0.15) is 0 Å². The summed E-state index contributed by atoms with van der Waals surface area (Å²) in [5.74, 6) is 0. The first kappa shape index (κ1) is 81.0. The van der Waals surface area contributed by atoms with Crippen LogP contribution in [0.5, 0.6) is 0 Å². The lowest BCUT2D eigenvalue weighted by molar-refractivity contribution is 1.18. The van der Waals surface area contributed by atoms with Crippen LogP contribution < -0.4 is 0 Å². The van der Waals surface area contributed by atoms with Crippen molar-refractivity contribution in [1.82, 2.24) is 27.4 Å². The Hall–Kier alpha value is -18.6. The third-order valence-electron chi connectivity index (χ3n) is 28.7. The van der Waals surface area contributed by atoms with Crippen LogP contribution in [0, 0.1) is 0 Å². The van der Waals surface area contributed by atoms with Gasteiger partial charge in [-0.2, -0.15) is 0 Å². The van der Waals surface area contributed by atoms with Crippen molar-refractivity contribution in [3.05, 3.63) is 534 Å². The molecule has 140 heavy (non-hydrogen) atoms. The van der Waals surface area contributed by atoms with Crippen LogP contribution in [0.15, 0.2) is 534 Å². The van der Waals surface area contributed by atoms with E-state index >= 15 is 0 Å². The third kappa shape index (κ3) is 13.8. The van der Waals surface area contributed by atoms with Crippen molar-refractivity contribution in [3.63, 3.8) is 0 Å². The van der Waals surface area contributed by atoms with E-state index in [4.69, 9.17) is 0 Å². The van der Waals surface area contributed by atoms with Gasteiger partial charge in [0.25, 0.3) is 0 Å². The Kier molecular flexibility index (Phi) is 19.5. The van der Waals surface area contributed by atoms with Crippen LogP contribution in [-0.2, 0) is 0 Å². The molecule has 6 heterocycles. The van der Waals surface area contributed by atoms with Gasteiger partial charge in [0, 0.05) is 98.5 Å². The number of aromatic nitrogens is 6. The minimum Gasteiger partial charge on any atom is -0.309 e. The highest BCUT2D eigenvalue weighted by Crippen LogP contribution is 2.46. The predicted octanol–water partition coefficient (Wildman–Crippen LogP) is 36.0. The largest absolute Gasteiger partial charge is 0.309 e. The summed E-state index contributed by atoms with van der Waals surface area (Å²) >= 11 is 0.